The van der Waals surface area contributed by atoms with E-state index < -0.39 is 84.9 Å². The van der Waals surface area contributed by atoms with Gasteiger partial charge in [0.1, 0.15) is 31.7 Å². The summed E-state index contributed by atoms with van der Waals surface area (Å²) in [7, 11) is -9.83. The fourth-order valence-corrected chi connectivity index (χ4v) is 11.7. The van der Waals surface area contributed by atoms with Crippen molar-refractivity contribution >= 4 is 39.8 Å². The number of carbonyl (C=O) groups excluding carboxylic acids is 4. The lowest BCUT2D eigenvalue weighted by Gasteiger charge is -2.21. The van der Waals surface area contributed by atoms with E-state index in [0.29, 0.717) is 38.5 Å². The topological polar surface area (TPSA) is 237 Å². The van der Waals surface area contributed by atoms with E-state index in [1.54, 1.807) is 0 Å². The van der Waals surface area contributed by atoms with E-state index in [0.717, 1.165) is 186 Å². The van der Waals surface area contributed by atoms with Crippen LogP contribution in [0.25, 0.3) is 0 Å². The zero-order chi connectivity index (χ0) is 73.0. The fraction of sp³-hybridized carbons (Fsp3) is 0.728. The van der Waals surface area contributed by atoms with Gasteiger partial charge in [-0.15, -0.1) is 0 Å². The molecule has 0 aliphatic rings. The van der Waals surface area contributed by atoms with Crippen LogP contribution in [0.5, 0.6) is 0 Å². The average Bonchev–Trinajstić information content (AvgIpc) is 1.58. The monoisotopic (exact) mass is 1450 g/mol. The van der Waals surface area contributed by atoms with Crippen molar-refractivity contribution in [3.8, 4) is 0 Å². The van der Waals surface area contributed by atoms with E-state index >= 15 is 0 Å². The lowest BCUT2D eigenvalue weighted by molar-refractivity contribution is -0.161. The van der Waals surface area contributed by atoms with Crippen molar-refractivity contribution < 1.29 is 80.2 Å². The summed E-state index contributed by atoms with van der Waals surface area (Å²) < 4.78 is 69.2. The Morgan fingerprint density at radius 2 is 0.600 bits per heavy atom. The summed E-state index contributed by atoms with van der Waals surface area (Å²) in [5.74, 6) is -1.55. The summed E-state index contributed by atoms with van der Waals surface area (Å²) in [6, 6.07) is 0. The molecule has 0 fully saturated rings. The molecule has 17 nitrogen and oxygen atoms in total. The Kier molecular flexibility index (Phi) is 71.5. The van der Waals surface area contributed by atoms with Gasteiger partial charge in [0, 0.05) is 32.3 Å². The van der Waals surface area contributed by atoms with Crippen LogP contribution in [0.2, 0.25) is 0 Å². The molecule has 576 valence electrons. The van der Waals surface area contributed by atoms with Gasteiger partial charge in [0.25, 0.3) is 0 Å². The Morgan fingerprint density at radius 1 is 0.320 bits per heavy atom. The van der Waals surface area contributed by atoms with Crippen LogP contribution in [0.4, 0.5) is 0 Å². The molecule has 0 rings (SSSR count). The van der Waals surface area contributed by atoms with Crippen LogP contribution < -0.4 is 0 Å². The van der Waals surface area contributed by atoms with Crippen LogP contribution in [0.15, 0.2) is 109 Å². The van der Waals surface area contributed by atoms with Gasteiger partial charge < -0.3 is 38.6 Å². The first-order valence-electron chi connectivity index (χ1n) is 39.1. The lowest BCUT2D eigenvalue weighted by Crippen LogP contribution is -2.30. The maximum atomic E-state index is 13.1. The highest BCUT2D eigenvalue weighted by atomic mass is 31.2. The number of ether oxygens (including phenoxy) is 4. The van der Waals surface area contributed by atoms with Crippen LogP contribution in [0, 0.1) is 0 Å². The number of hydrogen-bond acceptors (Lipinski definition) is 15. The Morgan fingerprint density at radius 3 is 0.990 bits per heavy atom. The van der Waals surface area contributed by atoms with Crippen molar-refractivity contribution in [3.05, 3.63) is 109 Å². The Labute approximate surface area is 607 Å². The molecular formula is C81H140O17P2. The quantitative estimate of drug-likeness (QED) is 0.0128. The van der Waals surface area contributed by atoms with Crippen molar-refractivity contribution in [1.82, 2.24) is 0 Å². The lowest BCUT2D eigenvalue weighted by atomic mass is 10.1. The summed E-state index contributed by atoms with van der Waals surface area (Å²) in [6.07, 6.45) is 80.0. The van der Waals surface area contributed by atoms with Gasteiger partial charge >= 0.3 is 33.6 Å². The molecule has 0 aliphatic heterocycles. The molecule has 2 unspecified atom stereocenters. The van der Waals surface area contributed by atoms with Crippen molar-refractivity contribution in [3.63, 3.8) is 0 Å². The summed E-state index contributed by atoms with van der Waals surface area (Å²) in [5, 5.41) is 10.6. The highest BCUT2D eigenvalue weighted by Crippen LogP contribution is 2.45. The second kappa shape index (κ2) is 74.6. The van der Waals surface area contributed by atoms with E-state index in [1.807, 2.05) is 12.2 Å². The molecule has 0 saturated carbocycles. The second-order valence-electron chi connectivity index (χ2n) is 25.9. The maximum absolute atomic E-state index is 13.1. The average molecular weight is 1450 g/mol. The van der Waals surface area contributed by atoms with Gasteiger partial charge in [-0.3, -0.25) is 32.5 Å². The zero-order valence-corrected chi connectivity index (χ0v) is 64.4. The van der Waals surface area contributed by atoms with Crippen molar-refractivity contribution in [2.75, 3.05) is 46.2 Å². The molecule has 3 N–H and O–H groups in total. The molecule has 0 bridgehead atoms. The highest BCUT2D eigenvalue weighted by molar-refractivity contribution is 7.47. The standard InChI is InChI=1S/C81H140O17P2/c1-4-7-10-13-16-19-22-25-28-29-32-36-41-46-51-56-61-66-80(85)93-73-78(98-81(86)67-62-57-52-47-42-37-31-27-24-21-18-15-12-9-6-3)75-97-100(89,90)95-71-76(83)70-94-99(87,88)96-74-77(91-69-64-59-54-49-44-39-34-33-38-43-48-53-58-63-68-82)72-92-79(84)65-60-55-50-45-40-35-30-26-23-20-17-14-11-8-5-2/h16-21,25-28,30-34,36,46,51,68,76-78,83H,4-15,22-24,29,35,37-45,47-50,52-67,69-75H2,1-3H3,(H,87,88)(H,89,90)/b19-16-,20-17-,21-18-,28-25-,30-26-,31-27-,34-33-,36-32-,51-46-/t76-,77+,78+/m0/s1. The van der Waals surface area contributed by atoms with Crippen molar-refractivity contribution in [1.29, 1.82) is 0 Å². The smallest absolute Gasteiger partial charge is 0.463 e. The highest BCUT2D eigenvalue weighted by Gasteiger charge is 2.30. The molecule has 0 radical (unpaired) electrons. The minimum atomic E-state index is -4.96. The number of aliphatic hydroxyl groups is 1. The van der Waals surface area contributed by atoms with E-state index in [1.165, 1.54) is 57.8 Å². The number of rotatable bonds is 75. The largest absolute Gasteiger partial charge is 0.472 e. The number of esters is 3. The molecule has 0 aliphatic carbocycles. The number of phosphoric ester groups is 2. The van der Waals surface area contributed by atoms with Gasteiger partial charge in [-0.25, -0.2) is 9.13 Å². The Bertz CT molecular complexity index is 2290. The van der Waals surface area contributed by atoms with Crippen molar-refractivity contribution in [2.24, 2.45) is 0 Å². The molecule has 0 heterocycles. The maximum Gasteiger partial charge on any atom is 0.472 e. The van der Waals surface area contributed by atoms with Crippen LogP contribution in [0.1, 0.15) is 316 Å². The first-order chi connectivity index (χ1) is 48.8. The van der Waals surface area contributed by atoms with Gasteiger partial charge in [0.15, 0.2) is 6.10 Å². The molecular weight excluding hydrogens is 1310 g/mol. The molecule has 0 aromatic carbocycles. The van der Waals surface area contributed by atoms with Gasteiger partial charge in [0.2, 0.25) is 0 Å². The van der Waals surface area contributed by atoms with Crippen LogP contribution in [-0.4, -0.2) is 104 Å². The van der Waals surface area contributed by atoms with Crippen molar-refractivity contribution in [2.45, 2.75) is 334 Å². The van der Waals surface area contributed by atoms with Crippen LogP contribution in [0.3, 0.4) is 0 Å². The number of aliphatic hydroxyl groups excluding tert-OH is 1. The molecule has 19 heteroatoms. The number of unbranched alkanes of at least 4 members (excludes halogenated alkanes) is 30. The summed E-state index contributed by atoms with van der Waals surface area (Å²) in [6.45, 7) is 3.34. The number of aldehydes is 1. The van der Waals surface area contributed by atoms with Crippen LogP contribution in [-0.2, 0) is 65.4 Å². The molecule has 0 amide bonds. The van der Waals surface area contributed by atoms with Gasteiger partial charge in [-0.05, 0) is 161 Å². The third-order valence-electron chi connectivity index (χ3n) is 16.2. The van der Waals surface area contributed by atoms with E-state index in [9.17, 15) is 43.2 Å². The first kappa shape index (κ1) is 95.9. The Balaban J connectivity index is 5.35. The number of allylic oxidation sites excluding steroid dienone is 18. The molecule has 5 atom stereocenters. The number of phosphoric acid groups is 2. The van der Waals surface area contributed by atoms with Crippen LogP contribution >= 0.6 is 15.6 Å². The first-order valence-corrected chi connectivity index (χ1v) is 42.1. The molecule has 0 spiro atoms. The molecule has 100 heavy (non-hydrogen) atoms. The summed E-state index contributed by atoms with van der Waals surface area (Å²) >= 11 is 0. The van der Waals surface area contributed by atoms with E-state index in [2.05, 4.69) is 118 Å². The van der Waals surface area contributed by atoms with E-state index in [-0.39, 0.29) is 32.5 Å². The van der Waals surface area contributed by atoms with Gasteiger partial charge in [0.05, 0.1) is 26.4 Å². The van der Waals surface area contributed by atoms with Gasteiger partial charge in [-0.2, -0.15) is 0 Å². The summed E-state index contributed by atoms with van der Waals surface area (Å²) in [4.78, 5) is 70.4. The Hall–Kier alpha value is -4.12. The predicted octanol–water partition coefficient (Wildman–Crippen LogP) is 22.2. The van der Waals surface area contributed by atoms with Gasteiger partial charge in [-0.1, -0.05) is 239 Å². The second-order valence-corrected chi connectivity index (χ2v) is 28.8. The predicted molar refractivity (Wildman–Crippen MR) is 409 cm³/mol. The zero-order valence-electron chi connectivity index (χ0n) is 62.6. The summed E-state index contributed by atoms with van der Waals surface area (Å²) in [5.41, 5.74) is 0. The molecule has 0 aromatic rings. The molecule has 0 aromatic heterocycles. The minimum Gasteiger partial charge on any atom is -0.463 e. The van der Waals surface area contributed by atoms with E-state index in [4.69, 9.17) is 37.0 Å². The third kappa shape index (κ3) is 73.6. The third-order valence-corrected chi connectivity index (χ3v) is 18.1. The number of hydrogen-bond donors (Lipinski definition) is 3. The number of carbonyl (C=O) groups is 4. The molecule has 0 saturated heterocycles. The minimum absolute atomic E-state index is 0.0768. The SMILES string of the molecule is CCCCC/C=C\C/C=C\C/C=C\C/C=C\CCCC(=O)OC[C@H](COP(=O)(O)OC[C@@H](O)COP(=O)(O)OC[C@@H](COC(=O)CCCCCCC/C=C\C/C=C\CCCCC)OCCCCCCC/C=C\CCCCCCC=O)OC(=O)CCCCCCC/C=C\C/C=C\CCCCC. The normalized spacial score (nSPS) is 14.5. The fourth-order valence-electron chi connectivity index (χ4n) is 10.2.